The van der Waals surface area contributed by atoms with E-state index in [1.807, 2.05) is 0 Å². The van der Waals surface area contributed by atoms with E-state index in [1.165, 1.54) is 31.2 Å². The van der Waals surface area contributed by atoms with Gasteiger partial charge in [-0.05, 0) is 36.2 Å². The number of hydrogen-bond acceptors (Lipinski definition) is 1. The highest BCUT2D eigenvalue weighted by atomic mass is 15.0. The van der Waals surface area contributed by atoms with Crippen molar-refractivity contribution >= 4 is 0 Å². The highest BCUT2D eigenvalue weighted by molar-refractivity contribution is 5.19. The van der Waals surface area contributed by atoms with Crippen molar-refractivity contribution in [3.05, 3.63) is 35.9 Å². The molecule has 0 aliphatic heterocycles. The topological polar surface area (TPSA) is 12.0 Å². The molecule has 3 unspecified atom stereocenters. The fourth-order valence-corrected chi connectivity index (χ4v) is 3.76. The smallest absolute Gasteiger partial charge is 0.0320 e. The van der Waals surface area contributed by atoms with E-state index < -0.39 is 0 Å². The van der Waals surface area contributed by atoms with E-state index in [-0.39, 0.29) is 0 Å². The fraction of sp³-hybridized carbons (Fsp3) is 0.684. The zero-order chi connectivity index (χ0) is 14.6. The third-order valence-electron chi connectivity index (χ3n) is 4.90. The van der Waals surface area contributed by atoms with Crippen molar-refractivity contribution in [2.24, 2.45) is 11.3 Å². The van der Waals surface area contributed by atoms with E-state index in [2.05, 4.69) is 63.3 Å². The van der Waals surface area contributed by atoms with Gasteiger partial charge in [-0.1, -0.05) is 70.9 Å². The van der Waals surface area contributed by atoms with Crippen LogP contribution in [0.4, 0.5) is 0 Å². The maximum atomic E-state index is 3.98. The second kappa shape index (κ2) is 6.76. The van der Waals surface area contributed by atoms with Crippen LogP contribution in [-0.4, -0.2) is 6.04 Å². The molecule has 1 heteroatoms. The summed E-state index contributed by atoms with van der Waals surface area (Å²) in [5.74, 6) is 0.800. The van der Waals surface area contributed by atoms with Crippen LogP contribution in [0.2, 0.25) is 0 Å². The van der Waals surface area contributed by atoms with Crippen LogP contribution in [0.3, 0.4) is 0 Å². The first-order valence-electron chi connectivity index (χ1n) is 8.33. The predicted molar refractivity (Wildman–Crippen MR) is 87.8 cm³/mol. The lowest BCUT2D eigenvalue weighted by Gasteiger charge is -2.42. The Labute approximate surface area is 125 Å². The Morgan fingerprint density at radius 1 is 1.10 bits per heavy atom. The molecular weight excluding hydrogens is 242 g/mol. The van der Waals surface area contributed by atoms with Gasteiger partial charge in [0.15, 0.2) is 0 Å². The van der Waals surface area contributed by atoms with E-state index in [4.69, 9.17) is 0 Å². The number of benzene rings is 1. The van der Waals surface area contributed by atoms with Gasteiger partial charge in [-0.15, -0.1) is 0 Å². The van der Waals surface area contributed by atoms with E-state index in [1.54, 1.807) is 0 Å². The molecule has 0 amide bonds. The molecule has 2 rings (SSSR count). The Bertz CT molecular complexity index is 390. The molecule has 3 atom stereocenters. The molecule has 0 heterocycles. The van der Waals surface area contributed by atoms with Gasteiger partial charge in [0.1, 0.15) is 0 Å². The van der Waals surface area contributed by atoms with Gasteiger partial charge < -0.3 is 5.32 Å². The third-order valence-corrected chi connectivity index (χ3v) is 4.90. The molecule has 1 fully saturated rings. The van der Waals surface area contributed by atoms with Crippen molar-refractivity contribution in [1.29, 1.82) is 0 Å². The second-order valence-corrected chi connectivity index (χ2v) is 7.40. The van der Waals surface area contributed by atoms with Crippen LogP contribution < -0.4 is 5.32 Å². The zero-order valence-corrected chi connectivity index (χ0v) is 13.7. The average Bonchev–Trinajstić information content (AvgIpc) is 2.45. The van der Waals surface area contributed by atoms with Gasteiger partial charge in [-0.3, -0.25) is 0 Å². The number of rotatable bonds is 4. The molecule has 112 valence electrons. The summed E-state index contributed by atoms with van der Waals surface area (Å²) >= 11 is 0. The van der Waals surface area contributed by atoms with Crippen molar-refractivity contribution in [2.45, 2.75) is 71.9 Å². The Hall–Kier alpha value is -0.820. The highest BCUT2D eigenvalue weighted by Gasteiger charge is 2.34. The SMILES string of the molecule is CCC(NC1CCCCC1C(C)(C)C)c1ccccc1. The minimum absolute atomic E-state index is 0.410. The van der Waals surface area contributed by atoms with E-state index in [9.17, 15) is 0 Å². The van der Waals surface area contributed by atoms with Crippen LogP contribution in [0, 0.1) is 11.3 Å². The molecule has 0 aromatic heterocycles. The summed E-state index contributed by atoms with van der Waals surface area (Å²) in [7, 11) is 0. The summed E-state index contributed by atoms with van der Waals surface area (Å²) in [5.41, 5.74) is 1.85. The lowest BCUT2D eigenvalue weighted by atomic mass is 9.69. The van der Waals surface area contributed by atoms with Crippen LogP contribution in [0.1, 0.15) is 71.4 Å². The largest absolute Gasteiger partial charge is 0.307 e. The summed E-state index contributed by atoms with van der Waals surface area (Å²) in [5, 5.41) is 3.98. The molecule has 1 nitrogen and oxygen atoms in total. The van der Waals surface area contributed by atoms with Crippen LogP contribution in [-0.2, 0) is 0 Å². The summed E-state index contributed by atoms with van der Waals surface area (Å²) in [6, 6.07) is 12.1. The summed E-state index contributed by atoms with van der Waals surface area (Å²) < 4.78 is 0. The van der Waals surface area contributed by atoms with Gasteiger partial charge in [-0.25, -0.2) is 0 Å². The lowest BCUT2D eigenvalue weighted by Crippen LogP contribution is -2.45. The van der Waals surface area contributed by atoms with Crippen LogP contribution in [0.25, 0.3) is 0 Å². The van der Waals surface area contributed by atoms with Gasteiger partial charge in [0.25, 0.3) is 0 Å². The normalized spacial score (nSPS) is 25.4. The molecule has 0 radical (unpaired) electrons. The first kappa shape index (κ1) is 15.6. The fourth-order valence-electron chi connectivity index (χ4n) is 3.76. The Balaban J connectivity index is 2.09. The van der Waals surface area contributed by atoms with E-state index in [0.717, 1.165) is 12.3 Å². The molecule has 1 aliphatic carbocycles. The van der Waals surface area contributed by atoms with E-state index in [0.29, 0.717) is 17.5 Å². The van der Waals surface area contributed by atoms with Gasteiger partial charge in [0, 0.05) is 12.1 Å². The predicted octanol–water partition coefficient (Wildman–Crippen LogP) is 5.33. The van der Waals surface area contributed by atoms with Crippen molar-refractivity contribution < 1.29 is 0 Å². The first-order valence-corrected chi connectivity index (χ1v) is 8.33. The van der Waals surface area contributed by atoms with Crippen LogP contribution in [0.5, 0.6) is 0 Å². The minimum atomic E-state index is 0.410. The minimum Gasteiger partial charge on any atom is -0.307 e. The molecule has 20 heavy (non-hydrogen) atoms. The molecular formula is C19H31N. The zero-order valence-electron chi connectivity index (χ0n) is 13.7. The van der Waals surface area contributed by atoms with Crippen molar-refractivity contribution in [1.82, 2.24) is 5.32 Å². The maximum absolute atomic E-state index is 3.98. The standard InChI is InChI=1S/C19H31N/c1-5-17(15-11-7-6-8-12-15)20-18-14-10-9-13-16(18)19(2,3)4/h6-8,11-12,16-18,20H,5,9-10,13-14H2,1-4H3. The van der Waals surface area contributed by atoms with Crippen molar-refractivity contribution in [2.75, 3.05) is 0 Å². The molecule has 1 aliphatic rings. The van der Waals surface area contributed by atoms with Gasteiger partial charge in [0.05, 0.1) is 0 Å². The highest BCUT2D eigenvalue weighted by Crippen LogP contribution is 2.39. The van der Waals surface area contributed by atoms with Gasteiger partial charge in [0.2, 0.25) is 0 Å². The Morgan fingerprint density at radius 2 is 1.75 bits per heavy atom. The molecule has 1 N–H and O–H groups in total. The summed E-state index contributed by atoms with van der Waals surface area (Å²) in [6.07, 6.45) is 6.67. The van der Waals surface area contributed by atoms with E-state index >= 15 is 0 Å². The molecule has 1 saturated carbocycles. The van der Waals surface area contributed by atoms with Crippen molar-refractivity contribution in [3.63, 3.8) is 0 Å². The molecule has 0 saturated heterocycles. The van der Waals surface area contributed by atoms with Crippen LogP contribution in [0.15, 0.2) is 30.3 Å². The average molecular weight is 273 g/mol. The maximum Gasteiger partial charge on any atom is 0.0320 e. The third kappa shape index (κ3) is 3.85. The number of hydrogen-bond donors (Lipinski definition) is 1. The van der Waals surface area contributed by atoms with Gasteiger partial charge >= 0.3 is 0 Å². The number of nitrogens with one attached hydrogen (secondary N) is 1. The first-order chi connectivity index (χ1) is 9.52. The van der Waals surface area contributed by atoms with Crippen molar-refractivity contribution in [3.8, 4) is 0 Å². The van der Waals surface area contributed by atoms with Crippen LogP contribution >= 0.6 is 0 Å². The molecule has 1 aromatic rings. The molecule has 0 bridgehead atoms. The van der Waals surface area contributed by atoms with Gasteiger partial charge in [-0.2, -0.15) is 0 Å². The summed E-state index contributed by atoms with van der Waals surface area (Å²) in [6.45, 7) is 9.50. The lowest BCUT2D eigenvalue weighted by molar-refractivity contribution is 0.122. The second-order valence-electron chi connectivity index (χ2n) is 7.40. The monoisotopic (exact) mass is 273 g/mol. The molecule has 0 spiro atoms. The Morgan fingerprint density at radius 3 is 2.35 bits per heavy atom. The quantitative estimate of drug-likeness (QED) is 0.781. The molecule has 1 aromatic carbocycles. The summed E-state index contributed by atoms with van der Waals surface area (Å²) in [4.78, 5) is 0. The Kier molecular flexibility index (Phi) is 5.26.